The second-order valence-electron chi connectivity index (χ2n) is 5.18. The van der Waals surface area contributed by atoms with Gasteiger partial charge < -0.3 is 19.5 Å². The molecule has 2 aromatic rings. The van der Waals surface area contributed by atoms with Gasteiger partial charge in [-0.05, 0) is 36.2 Å². The Kier molecular flexibility index (Phi) is 6.78. The topological polar surface area (TPSA) is 63.5 Å². The van der Waals surface area contributed by atoms with E-state index in [0.717, 1.165) is 17.0 Å². The van der Waals surface area contributed by atoms with Crippen LogP contribution in [0.25, 0.3) is 0 Å². The number of anilines is 1. The predicted molar refractivity (Wildman–Crippen MR) is 93.7 cm³/mol. The molecule has 0 heterocycles. The highest BCUT2D eigenvalue weighted by molar-refractivity contribution is 5.49. The summed E-state index contributed by atoms with van der Waals surface area (Å²) in [7, 11) is 3.27. The van der Waals surface area contributed by atoms with Gasteiger partial charge in [-0.3, -0.25) is 0 Å². The number of nitrogens with one attached hydrogen (secondary N) is 1. The van der Waals surface area contributed by atoms with Crippen LogP contribution in [-0.4, -0.2) is 20.8 Å². The molecule has 0 saturated heterocycles. The molecule has 0 aliphatic carbocycles. The summed E-state index contributed by atoms with van der Waals surface area (Å²) < 4.78 is 16.3. The molecule has 5 nitrogen and oxygen atoms in total. The van der Waals surface area contributed by atoms with E-state index in [1.54, 1.807) is 14.2 Å². The third-order valence-corrected chi connectivity index (χ3v) is 3.48. The molecule has 0 bridgehead atoms. The van der Waals surface area contributed by atoms with Gasteiger partial charge in [-0.25, -0.2) is 0 Å². The van der Waals surface area contributed by atoms with Gasteiger partial charge in [0.25, 0.3) is 0 Å². The van der Waals surface area contributed by atoms with E-state index >= 15 is 0 Å². The molecule has 126 valence electrons. The molecule has 0 saturated carbocycles. The van der Waals surface area contributed by atoms with Crippen molar-refractivity contribution in [1.82, 2.24) is 0 Å². The molecule has 0 aliphatic heterocycles. The molecule has 0 atom stereocenters. The number of methoxy groups -OCH3 is 2. The molecule has 0 unspecified atom stereocenters. The molecule has 5 heteroatoms. The monoisotopic (exact) mass is 326 g/mol. The number of hydrogen-bond acceptors (Lipinski definition) is 5. The van der Waals surface area contributed by atoms with E-state index < -0.39 is 0 Å². The number of unbranched alkanes of at least 4 members (excludes halogenated alkanes) is 1. The average molecular weight is 326 g/mol. The van der Waals surface area contributed by atoms with Crippen molar-refractivity contribution in [3.63, 3.8) is 0 Å². The van der Waals surface area contributed by atoms with Crippen LogP contribution in [0.15, 0.2) is 42.5 Å². The van der Waals surface area contributed by atoms with Gasteiger partial charge in [0, 0.05) is 24.7 Å². The SMILES string of the molecule is COc1cccc(NCc2ccc(OC)c(OCCCC#N)c2)c1. The van der Waals surface area contributed by atoms with Gasteiger partial charge in [0.05, 0.1) is 26.9 Å². The second-order valence-corrected chi connectivity index (χ2v) is 5.18. The third-order valence-electron chi connectivity index (χ3n) is 3.48. The van der Waals surface area contributed by atoms with Gasteiger partial charge in [-0.15, -0.1) is 0 Å². The third kappa shape index (κ3) is 5.10. The Bertz CT molecular complexity index is 695. The van der Waals surface area contributed by atoms with Crippen LogP contribution in [0, 0.1) is 11.3 Å². The van der Waals surface area contributed by atoms with Gasteiger partial charge in [0.15, 0.2) is 11.5 Å². The molecule has 1 N–H and O–H groups in total. The van der Waals surface area contributed by atoms with E-state index in [4.69, 9.17) is 19.5 Å². The number of nitrogens with zero attached hydrogens (tertiary/aromatic N) is 1. The van der Waals surface area contributed by atoms with Crippen LogP contribution in [-0.2, 0) is 6.54 Å². The van der Waals surface area contributed by atoms with Crippen molar-refractivity contribution < 1.29 is 14.2 Å². The van der Waals surface area contributed by atoms with Gasteiger partial charge in [-0.1, -0.05) is 12.1 Å². The van der Waals surface area contributed by atoms with Crippen molar-refractivity contribution in [3.8, 4) is 23.3 Å². The minimum Gasteiger partial charge on any atom is -0.497 e. The van der Waals surface area contributed by atoms with Gasteiger partial charge in [0.1, 0.15) is 5.75 Å². The van der Waals surface area contributed by atoms with Crippen LogP contribution < -0.4 is 19.5 Å². The summed E-state index contributed by atoms with van der Waals surface area (Å²) in [6.07, 6.45) is 1.19. The van der Waals surface area contributed by atoms with Crippen molar-refractivity contribution >= 4 is 5.69 Å². The van der Waals surface area contributed by atoms with Crippen molar-refractivity contribution in [2.75, 3.05) is 26.1 Å². The van der Waals surface area contributed by atoms with Gasteiger partial charge >= 0.3 is 0 Å². The van der Waals surface area contributed by atoms with Crippen molar-refractivity contribution in [3.05, 3.63) is 48.0 Å². The van der Waals surface area contributed by atoms with E-state index in [1.165, 1.54) is 0 Å². The summed E-state index contributed by atoms with van der Waals surface area (Å²) in [6.45, 7) is 1.16. The Hall–Kier alpha value is -2.87. The van der Waals surface area contributed by atoms with E-state index in [0.29, 0.717) is 37.5 Å². The number of nitriles is 1. The van der Waals surface area contributed by atoms with Crippen molar-refractivity contribution in [2.24, 2.45) is 0 Å². The Morgan fingerprint density at radius 1 is 1.04 bits per heavy atom. The highest BCUT2D eigenvalue weighted by Crippen LogP contribution is 2.28. The molecule has 2 rings (SSSR count). The maximum Gasteiger partial charge on any atom is 0.161 e. The molecule has 0 aliphatic rings. The van der Waals surface area contributed by atoms with Gasteiger partial charge in [0.2, 0.25) is 0 Å². The van der Waals surface area contributed by atoms with Gasteiger partial charge in [-0.2, -0.15) is 5.26 Å². The lowest BCUT2D eigenvalue weighted by Gasteiger charge is -2.13. The summed E-state index contributed by atoms with van der Waals surface area (Å²) >= 11 is 0. The molecule has 0 fully saturated rings. The van der Waals surface area contributed by atoms with Crippen LogP contribution in [0.4, 0.5) is 5.69 Å². The molecule has 0 amide bonds. The molecular formula is C19H22N2O3. The minimum absolute atomic E-state index is 0.486. The second kappa shape index (κ2) is 9.31. The van der Waals surface area contributed by atoms with Crippen LogP contribution in [0.3, 0.4) is 0 Å². The molecular weight excluding hydrogens is 304 g/mol. The van der Waals surface area contributed by atoms with Crippen molar-refractivity contribution in [2.45, 2.75) is 19.4 Å². The largest absolute Gasteiger partial charge is 0.497 e. The number of rotatable bonds is 9. The molecule has 0 aromatic heterocycles. The summed E-state index contributed by atoms with van der Waals surface area (Å²) in [5.74, 6) is 2.20. The van der Waals surface area contributed by atoms with Crippen LogP contribution >= 0.6 is 0 Å². The van der Waals surface area contributed by atoms with Crippen LogP contribution in [0.1, 0.15) is 18.4 Å². The van der Waals surface area contributed by atoms with E-state index in [9.17, 15) is 0 Å². The standard InChI is InChI=1S/C19H22N2O3/c1-22-17-7-5-6-16(13-17)21-14-15-8-9-18(23-2)19(12-15)24-11-4-3-10-20/h5-9,12-13,21H,3-4,11,14H2,1-2H3. The zero-order valence-corrected chi connectivity index (χ0v) is 14.0. The normalized spacial score (nSPS) is 9.88. The van der Waals surface area contributed by atoms with Crippen LogP contribution in [0.2, 0.25) is 0 Å². The Balaban J connectivity index is 2.00. The number of ether oxygens (including phenoxy) is 3. The fourth-order valence-corrected chi connectivity index (χ4v) is 2.21. The fourth-order valence-electron chi connectivity index (χ4n) is 2.21. The van der Waals surface area contributed by atoms with Crippen molar-refractivity contribution in [1.29, 1.82) is 5.26 Å². The highest BCUT2D eigenvalue weighted by atomic mass is 16.5. The first kappa shape index (κ1) is 17.5. The summed E-state index contributed by atoms with van der Waals surface area (Å²) in [5, 5.41) is 11.9. The first-order valence-corrected chi connectivity index (χ1v) is 7.81. The molecule has 0 spiro atoms. The summed E-state index contributed by atoms with van der Waals surface area (Å²) in [4.78, 5) is 0. The fraction of sp³-hybridized carbons (Fsp3) is 0.316. The zero-order chi connectivity index (χ0) is 17.2. The smallest absolute Gasteiger partial charge is 0.161 e. The Morgan fingerprint density at radius 3 is 2.67 bits per heavy atom. The maximum absolute atomic E-state index is 8.58. The first-order valence-electron chi connectivity index (χ1n) is 7.81. The van der Waals surface area contributed by atoms with E-state index in [-0.39, 0.29) is 0 Å². The average Bonchev–Trinajstić information content (AvgIpc) is 2.64. The minimum atomic E-state index is 0.486. The first-order chi connectivity index (χ1) is 11.8. The van der Waals surface area contributed by atoms with E-state index in [1.807, 2.05) is 42.5 Å². The zero-order valence-electron chi connectivity index (χ0n) is 14.0. The molecule has 2 aromatic carbocycles. The highest BCUT2D eigenvalue weighted by Gasteiger charge is 2.06. The molecule has 0 radical (unpaired) electrons. The quantitative estimate of drug-likeness (QED) is 0.706. The predicted octanol–water partition coefficient (Wildman–Crippen LogP) is 4.00. The lowest BCUT2D eigenvalue weighted by atomic mass is 10.2. The summed E-state index contributed by atoms with van der Waals surface area (Å²) in [6, 6.07) is 15.7. The summed E-state index contributed by atoms with van der Waals surface area (Å²) in [5.41, 5.74) is 2.07. The number of benzene rings is 2. The maximum atomic E-state index is 8.58. The Labute approximate surface area is 142 Å². The van der Waals surface area contributed by atoms with Crippen LogP contribution in [0.5, 0.6) is 17.2 Å². The number of hydrogen-bond donors (Lipinski definition) is 1. The Morgan fingerprint density at radius 2 is 1.92 bits per heavy atom. The lowest BCUT2D eigenvalue weighted by Crippen LogP contribution is -2.03. The van der Waals surface area contributed by atoms with E-state index in [2.05, 4.69) is 11.4 Å². The molecule has 24 heavy (non-hydrogen) atoms. The lowest BCUT2D eigenvalue weighted by molar-refractivity contribution is 0.290.